The third-order valence-electron chi connectivity index (χ3n) is 2.67. The lowest BCUT2D eigenvalue weighted by atomic mass is 10.2. The van der Waals surface area contributed by atoms with Crippen molar-refractivity contribution in [3.63, 3.8) is 0 Å². The van der Waals surface area contributed by atoms with Gasteiger partial charge < -0.3 is 9.67 Å². The fourth-order valence-electron chi connectivity index (χ4n) is 1.73. The Kier molecular flexibility index (Phi) is 3.93. The van der Waals surface area contributed by atoms with E-state index in [1.54, 1.807) is 17.5 Å². The summed E-state index contributed by atoms with van der Waals surface area (Å²) in [6.45, 7) is 2.08. The van der Waals surface area contributed by atoms with Crippen LogP contribution in [0.1, 0.15) is 23.7 Å². The summed E-state index contributed by atoms with van der Waals surface area (Å²) in [5, 5.41) is 14.6. The van der Waals surface area contributed by atoms with E-state index in [2.05, 4.69) is 21.7 Å². The first-order valence-corrected chi connectivity index (χ1v) is 6.48. The minimum absolute atomic E-state index is 0.0390. The molecule has 2 aromatic rings. The van der Waals surface area contributed by atoms with Crippen molar-refractivity contribution < 1.29 is 5.11 Å². The summed E-state index contributed by atoms with van der Waals surface area (Å²) in [5.41, 5.74) is 0. The summed E-state index contributed by atoms with van der Waals surface area (Å²) in [6, 6.07) is 4.19. The van der Waals surface area contributed by atoms with Crippen LogP contribution in [0.15, 0.2) is 29.9 Å². The smallest absolute Gasteiger partial charge is 0.131 e. The minimum atomic E-state index is 0.0390. The zero-order valence-corrected chi connectivity index (χ0v) is 10.8. The van der Waals surface area contributed by atoms with Crippen LogP contribution in [0.2, 0.25) is 0 Å². The Morgan fingerprint density at radius 3 is 2.94 bits per heavy atom. The Morgan fingerprint density at radius 1 is 1.59 bits per heavy atom. The van der Waals surface area contributed by atoms with Crippen molar-refractivity contribution in [1.82, 2.24) is 14.9 Å². The molecule has 0 bridgehead atoms. The van der Waals surface area contributed by atoms with E-state index in [1.807, 2.05) is 30.8 Å². The van der Waals surface area contributed by atoms with Crippen LogP contribution in [0, 0.1) is 0 Å². The van der Waals surface area contributed by atoms with E-state index in [0.29, 0.717) is 0 Å². The molecule has 0 amide bonds. The maximum atomic E-state index is 9.16. The van der Waals surface area contributed by atoms with Gasteiger partial charge in [-0.3, -0.25) is 5.32 Å². The van der Waals surface area contributed by atoms with E-state index >= 15 is 0 Å². The fourth-order valence-corrected chi connectivity index (χ4v) is 2.51. The molecular weight excluding hydrogens is 234 g/mol. The van der Waals surface area contributed by atoms with Gasteiger partial charge in [-0.2, -0.15) is 0 Å². The highest BCUT2D eigenvalue weighted by Gasteiger charge is 2.20. The van der Waals surface area contributed by atoms with Crippen molar-refractivity contribution in [2.75, 3.05) is 6.61 Å². The average molecular weight is 251 g/mol. The van der Waals surface area contributed by atoms with Gasteiger partial charge in [0.1, 0.15) is 11.9 Å². The predicted octanol–water partition coefficient (Wildman–Crippen LogP) is 1.54. The number of aliphatic hydroxyl groups is 1. The van der Waals surface area contributed by atoms with Crippen LogP contribution in [-0.4, -0.2) is 27.3 Å². The van der Waals surface area contributed by atoms with Gasteiger partial charge in [0.2, 0.25) is 0 Å². The summed E-state index contributed by atoms with van der Waals surface area (Å²) in [7, 11) is 1.98. The molecule has 0 aliphatic rings. The maximum Gasteiger partial charge on any atom is 0.131 e. The molecule has 92 valence electrons. The largest absolute Gasteiger partial charge is 0.395 e. The third-order valence-corrected chi connectivity index (χ3v) is 3.61. The second-order valence-corrected chi connectivity index (χ2v) is 5.07. The molecule has 17 heavy (non-hydrogen) atoms. The lowest BCUT2D eigenvalue weighted by Crippen LogP contribution is -2.34. The van der Waals surface area contributed by atoms with Gasteiger partial charge in [0.15, 0.2) is 0 Å². The minimum Gasteiger partial charge on any atom is -0.395 e. The molecule has 0 radical (unpaired) electrons. The van der Waals surface area contributed by atoms with Gasteiger partial charge in [0.25, 0.3) is 0 Å². The zero-order chi connectivity index (χ0) is 12.3. The molecule has 0 fully saturated rings. The van der Waals surface area contributed by atoms with Crippen LogP contribution in [0.25, 0.3) is 0 Å². The summed E-state index contributed by atoms with van der Waals surface area (Å²) in [4.78, 5) is 5.59. The van der Waals surface area contributed by atoms with E-state index in [-0.39, 0.29) is 18.7 Å². The Hall–Kier alpha value is -1.17. The van der Waals surface area contributed by atoms with Crippen molar-refractivity contribution in [2.24, 2.45) is 7.05 Å². The molecule has 0 saturated carbocycles. The van der Waals surface area contributed by atoms with Crippen molar-refractivity contribution in [2.45, 2.75) is 19.0 Å². The number of imidazole rings is 1. The quantitative estimate of drug-likeness (QED) is 0.847. The fraction of sp³-hybridized carbons (Fsp3) is 0.417. The summed E-state index contributed by atoms with van der Waals surface area (Å²) >= 11 is 1.69. The van der Waals surface area contributed by atoms with Gasteiger partial charge in [0.05, 0.1) is 6.61 Å². The SMILES string of the molecule is CC(CO)NC(c1cccs1)c1nccn1C. The molecule has 5 heteroatoms. The van der Waals surface area contributed by atoms with Gasteiger partial charge in [-0.25, -0.2) is 4.98 Å². The molecule has 0 aromatic carbocycles. The highest BCUT2D eigenvalue weighted by molar-refractivity contribution is 7.10. The lowest BCUT2D eigenvalue weighted by Gasteiger charge is -2.21. The Bertz CT molecular complexity index is 452. The molecule has 2 aromatic heterocycles. The van der Waals surface area contributed by atoms with Crippen LogP contribution in [0.3, 0.4) is 0 Å². The molecule has 2 unspecified atom stereocenters. The van der Waals surface area contributed by atoms with Crippen LogP contribution in [0.4, 0.5) is 0 Å². The van der Waals surface area contributed by atoms with E-state index in [0.717, 1.165) is 5.82 Å². The highest BCUT2D eigenvalue weighted by Crippen LogP contribution is 2.25. The second-order valence-electron chi connectivity index (χ2n) is 4.10. The molecular formula is C12H17N3OS. The zero-order valence-electron chi connectivity index (χ0n) is 10.00. The second kappa shape index (κ2) is 5.44. The first-order chi connectivity index (χ1) is 8.22. The monoisotopic (exact) mass is 251 g/mol. The molecule has 4 nitrogen and oxygen atoms in total. The molecule has 0 aliphatic carbocycles. The van der Waals surface area contributed by atoms with Crippen molar-refractivity contribution >= 4 is 11.3 Å². The number of hydrogen-bond donors (Lipinski definition) is 2. The number of nitrogens with zero attached hydrogens (tertiary/aromatic N) is 2. The molecule has 0 saturated heterocycles. The summed E-state index contributed by atoms with van der Waals surface area (Å²) < 4.78 is 2.00. The van der Waals surface area contributed by atoms with E-state index in [9.17, 15) is 0 Å². The first-order valence-electron chi connectivity index (χ1n) is 5.60. The van der Waals surface area contributed by atoms with Crippen LogP contribution >= 0.6 is 11.3 Å². The highest BCUT2D eigenvalue weighted by atomic mass is 32.1. The van der Waals surface area contributed by atoms with Crippen molar-refractivity contribution in [3.8, 4) is 0 Å². The number of thiophene rings is 1. The predicted molar refractivity (Wildman–Crippen MR) is 69.1 cm³/mol. The van der Waals surface area contributed by atoms with E-state index in [1.165, 1.54) is 4.88 Å². The summed E-state index contributed by atoms with van der Waals surface area (Å²) in [6.07, 6.45) is 3.72. The standard InChI is InChI=1S/C12H17N3OS/c1-9(8-16)14-11(10-4-3-7-17-10)12-13-5-6-15(12)2/h3-7,9,11,14,16H,8H2,1-2H3. The molecule has 0 aliphatic heterocycles. The summed E-state index contributed by atoms with van der Waals surface area (Å²) in [5.74, 6) is 0.966. The van der Waals surface area contributed by atoms with Crippen LogP contribution in [0.5, 0.6) is 0 Å². The molecule has 0 spiro atoms. The normalized spacial score (nSPS) is 14.8. The molecule has 2 atom stereocenters. The average Bonchev–Trinajstić information content (AvgIpc) is 2.97. The van der Waals surface area contributed by atoms with Gasteiger partial charge >= 0.3 is 0 Å². The van der Waals surface area contributed by atoms with Crippen LogP contribution in [-0.2, 0) is 7.05 Å². The van der Waals surface area contributed by atoms with E-state index in [4.69, 9.17) is 5.11 Å². The number of nitrogens with one attached hydrogen (secondary N) is 1. The number of aliphatic hydroxyl groups excluding tert-OH is 1. The van der Waals surface area contributed by atoms with Gasteiger partial charge in [-0.15, -0.1) is 11.3 Å². The Morgan fingerprint density at radius 2 is 2.41 bits per heavy atom. The van der Waals surface area contributed by atoms with Crippen molar-refractivity contribution in [1.29, 1.82) is 0 Å². The van der Waals surface area contributed by atoms with Crippen LogP contribution < -0.4 is 5.32 Å². The number of aromatic nitrogens is 2. The number of aryl methyl sites for hydroxylation is 1. The lowest BCUT2D eigenvalue weighted by molar-refractivity contribution is 0.244. The van der Waals surface area contributed by atoms with E-state index < -0.39 is 0 Å². The first kappa shape index (κ1) is 12.3. The molecule has 2 rings (SSSR count). The van der Waals surface area contributed by atoms with Crippen molar-refractivity contribution in [3.05, 3.63) is 40.6 Å². The molecule has 2 heterocycles. The Balaban J connectivity index is 2.28. The van der Waals surface area contributed by atoms with Gasteiger partial charge in [-0.05, 0) is 18.4 Å². The molecule has 2 N–H and O–H groups in total. The van der Waals surface area contributed by atoms with Gasteiger partial charge in [-0.1, -0.05) is 6.07 Å². The number of rotatable bonds is 5. The van der Waals surface area contributed by atoms with Gasteiger partial charge in [0, 0.05) is 30.4 Å². The maximum absolute atomic E-state index is 9.16. The topological polar surface area (TPSA) is 50.1 Å². The third kappa shape index (κ3) is 2.74. The number of hydrogen-bond acceptors (Lipinski definition) is 4. The Labute approximate surface area is 105 Å².